The van der Waals surface area contributed by atoms with E-state index in [2.05, 4.69) is 5.32 Å². The van der Waals surface area contributed by atoms with Crippen molar-refractivity contribution < 1.29 is 18.0 Å². The van der Waals surface area contributed by atoms with Gasteiger partial charge in [0.25, 0.3) is 10.0 Å². The summed E-state index contributed by atoms with van der Waals surface area (Å²) in [6.45, 7) is 5.58. The number of anilines is 1. The Hall–Kier alpha value is -4.14. The summed E-state index contributed by atoms with van der Waals surface area (Å²) in [5.41, 5.74) is 3.81. The van der Waals surface area contributed by atoms with Gasteiger partial charge in [-0.05, 0) is 56.2 Å². The van der Waals surface area contributed by atoms with E-state index in [1.54, 1.807) is 36.4 Å². The zero-order valence-corrected chi connectivity index (χ0v) is 26.1. The SMILES string of the molecule is CCNC(=O)[C@H](Cc1ccccc1)N(Cc1ccc(C)cc1)C(=O)CN(c1ccccc1Cl)S(=O)(=O)c1ccc(C)cc1. The van der Waals surface area contributed by atoms with Gasteiger partial charge >= 0.3 is 0 Å². The topological polar surface area (TPSA) is 86.8 Å². The molecule has 9 heteroatoms. The number of likely N-dealkylation sites (N-methyl/N-ethyl adjacent to an activating group) is 1. The summed E-state index contributed by atoms with van der Waals surface area (Å²) in [4.78, 5) is 29.4. The van der Waals surface area contributed by atoms with Crippen LogP contribution < -0.4 is 9.62 Å². The van der Waals surface area contributed by atoms with Crippen LogP contribution in [-0.2, 0) is 32.6 Å². The Bertz CT molecular complexity index is 1640. The molecule has 0 saturated heterocycles. The lowest BCUT2D eigenvalue weighted by atomic mass is 10.0. The molecular formula is C34H36ClN3O4S. The van der Waals surface area contributed by atoms with Crippen molar-refractivity contribution in [3.63, 3.8) is 0 Å². The van der Waals surface area contributed by atoms with Gasteiger partial charge in [-0.25, -0.2) is 8.42 Å². The van der Waals surface area contributed by atoms with Gasteiger partial charge in [-0.1, -0.05) is 102 Å². The Morgan fingerprint density at radius 2 is 1.37 bits per heavy atom. The van der Waals surface area contributed by atoms with Crippen LogP contribution in [-0.4, -0.2) is 44.3 Å². The first kappa shape index (κ1) is 31.8. The molecule has 1 N–H and O–H groups in total. The second kappa shape index (κ2) is 14.4. The maximum Gasteiger partial charge on any atom is 0.264 e. The minimum absolute atomic E-state index is 0.0282. The highest BCUT2D eigenvalue weighted by atomic mass is 35.5. The van der Waals surface area contributed by atoms with Crippen molar-refractivity contribution in [1.29, 1.82) is 0 Å². The molecule has 0 aliphatic heterocycles. The van der Waals surface area contributed by atoms with Crippen molar-refractivity contribution in [2.45, 2.75) is 44.7 Å². The van der Waals surface area contributed by atoms with Crippen molar-refractivity contribution in [2.75, 3.05) is 17.4 Å². The van der Waals surface area contributed by atoms with E-state index in [1.807, 2.05) is 75.4 Å². The molecule has 7 nitrogen and oxygen atoms in total. The van der Waals surface area contributed by atoms with Gasteiger partial charge in [-0.3, -0.25) is 13.9 Å². The number of carbonyl (C=O) groups excluding carboxylic acids is 2. The number of nitrogens with zero attached hydrogens (tertiary/aromatic N) is 2. The van der Waals surface area contributed by atoms with Gasteiger partial charge in [-0.15, -0.1) is 0 Å². The highest BCUT2D eigenvalue weighted by Crippen LogP contribution is 2.31. The Morgan fingerprint density at radius 1 is 0.791 bits per heavy atom. The van der Waals surface area contributed by atoms with E-state index >= 15 is 0 Å². The Labute approximate surface area is 259 Å². The highest BCUT2D eigenvalue weighted by molar-refractivity contribution is 7.92. The number of rotatable bonds is 12. The van der Waals surface area contributed by atoms with Crippen LogP contribution in [0.3, 0.4) is 0 Å². The van der Waals surface area contributed by atoms with E-state index in [4.69, 9.17) is 11.6 Å². The monoisotopic (exact) mass is 617 g/mol. The second-order valence-corrected chi connectivity index (χ2v) is 12.7. The number of sulfonamides is 1. The third-order valence-electron chi connectivity index (χ3n) is 7.10. The minimum atomic E-state index is -4.21. The lowest BCUT2D eigenvalue weighted by Crippen LogP contribution is -2.53. The van der Waals surface area contributed by atoms with Crippen LogP contribution in [0, 0.1) is 13.8 Å². The predicted octanol–water partition coefficient (Wildman–Crippen LogP) is 5.93. The summed E-state index contributed by atoms with van der Waals surface area (Å²) in [6, 6.07) is 29.2. The van der Waals surface area contributed by atoms with Crippen LogP contribution in [0.15, 0.2) is 108 Å². The second-order valence-electron chi connectivity index (χ2n) is 10.4. The van der Waals surface area contributed by atoms with Gasteiger partial charge < -0.3 is 10.2 Å². The van der Waals surface area contributed by atoms with Crippen molar-refractivity contribution in [1.82, 2.24) is 10.2 Å². The van der Waals surface area contributed by atoms with Crippen LogP contribution in [0.4, 0.5) is 5.69 Å². The van der Waals surface area contributed by atoms with Gasteiger partial charge in [0.15, 0.2) is 0 Å². The predicted molar refractivity (Wildman–Crippen MR) is 172 cm³/mol. The number of hydrogen-bond donors (Lipinski definition) is 1. The number of para-hydroxylation sites is 1. The molecule has 0 saturated carbocycles. The van der Waals surface area contributed by atoms with Gasteiger partial charge in [0.2, 0.25) is 11.8 Å². The Balaban J connectivity index is 1.80. The quantitative estimate of drug-likeness (QED) is 0.214. The molecule has 4 aromatic carbocycles. The van der Waals surface area contributed by atoms with E-state index in [0.29, 0.717) is 6.54 Å². The first-order valence-electron chi connectivity index (χ1n) is 14.1. The molecule has 43 heavy (non-hydrogen) atoms. The fourth-order valence-corrected chi connectivity index (χ4v) is 6.46. The Kier molecular flexibility index (Phi) is 10.6. The molecular weight excluding hydrogens is 582 g/mol. The van der Waals surface area contributed by atoms with Gasteiger partial charge in [0.1, 0.15) is 12.6 Å². The van der Waals surface area contributed by atoms with Gasteiger partial charge in [0.05, 0.1) is 15.6 Å². The maximum absolute atomic E-state index is 14.4. The van der Waals surface area contributed by atoms with Crippen molar-refractivity contribution in [3.05, 3.63) is 130 Å². The lowest BCUT2D eigenvalue weighted by molar-refractivity contribution is -0.140. The summed E-state index contributed by atoms with van der Waals surface area (Å²) >= 11 is 6.51. The number of halogens is 1. The minimum Gasteiger partial charge on any atom is -0.355 e. The maximum atomic E-state index is 14.4. The van der Waals surface area contributed by atoms with Crippen molar-refractivity contribution in [3.8, 4) is 0 Å². The number of benzene rings is 4. The summed E-state index contributed by atoms with van der Waals surface area (Å²) in [6.07, 6.45) is 0.251. The van der Waals surface area contributed by atoms with Crippen LogP contribution >= 0.6 is 11.6 Å². The molecule has 2 amide bonds. The normalized spacial score (nSPS) is 11.9. The van der Waals surface area contributed by atoms with Crippen LogP contribution in [0.1, 0.15) is 29.2 Å². The van der Waals surface area contributed by atoms with Gasteiger partial charge in [-0.2, -0.15) is 0 Å². The van der Waals surface area contributed by atoms with Crippen LogP contribution in [0.25, 0.3) is 0 Å². The third-order valence-corrected chi connectivity index (χ3v) is 9.20. The third kappa shape index (κ3) is 8.03. The number of aryl methyl sites for hydroxylation is 2. The van der Waals surface area contributed by atoms with Crippen LogP contribution in [0.2, 0.25) is 5.02 Å². The molecule has 0 spiro atoms. The average molecular weight is 618 g/mol. The zero-order chi connectivity index (χ0) is 31.0. The first-order valence-corrected chi connectivity index (χ1v) is 15.9. The molecule has 0 bridgehead atoms. The number of amides is 2. The largest absolute Gasteiger partial charge is 0.355 e. The molecule has 0 aliphatic rings. The molecule has 224 valence electrons. The smallest absolute Gasteiger partial charge is 0.264 e. The summed E-state index contributed by atoms with van der Waals surface area (Å²) in [5.74, 6) is -0.860. The van der Waals surface area contributed by atoms with E-state index < -0.39 is 28.5 Å². The van der Waals surface area contributed by atoms with Crippen molar-refractivity contribution in [2.24, 2.45) is 0 Å². The molecule has 1 atom stereocenters. The van der Waals surface area contributed by atoms with E-state index in [0.717, 1.165) is 26.6 Å². The molecule has 4 rings (SSSR count). The number of nitrogens with one attached hydrogen (secondary N) is 1. The average Bonchev–Trinajstić information content (AvgIpc) is 3.00. The first-order chi connectivity index (χ1) is 20.6. The molecule has 0 aromatic heterocycles. The fourth-order valence-electron chi connectivity index (χ4n) is 4.74. The summed E-state index contributed by atoms with van der Waals surface area (Å²) in [5, 5.41) is 3.05. The molecule has 0 radical (unpaired) electrons. The molecule has 0 fully saturated rings. The standard InChI is InChI=1S/C34H36ClN3O4S/c1-4-36-34(40)32(22-27-10-6-5-7-11-27)37(23-28-18-14-25(2)15-19-28)33(39)24-38(31-13-9-8-12-30(31)35)43(41,42)29-20-16-26(3)17-21-29/h5-21,32H,4,22-24H2,1-3H3,(H,36,40)/t32-/m0/s1. The highest BCUT2D eigenvalue weighted by Gasteiger charge is 2.35. The lowest BCUT2D eigenvalue weighted by Gasteiger charge is -2.34. The molecule has 0 unspecified atom stereocenters. The summed E-state index contributed by atoms with van der Waals surface area (Å²) < 4.78 is 29.2. The Morgan fingerprint density at radius 3 is 1.98 bits per heavy atom. The molecule has 0 aliphatic carbocycles. The van der Waals surface area contributed by atoms with Crippen LogP contribution in [0.5, 0.6) is 0 Å². The number of hydrogen-bond acceptors (Lipinski definition) is 4. The van der Waals surface area contributed by atoms with E-state index in [-0.39, 0.29) is 34.5 Å². The number of carbonyl (C=O) groups is 2. The summed E-state index contributed by atoms with van der Waals surface area (Å²) in [7, 11) is -4.21. The van der Waals surface area contributed by atoms with E-state index in [9.17, 15) is 18.0 Å². The fraction of sp³-hybridized carbons (Fsp3) is 0.235. The molecule has 4 aromatic rings. The van der Waals surface area contributed by atoms with Gasteiger partial charge in [0, 0.05) is 19.5 Å². The van der Waals surface area contributed by atoms with Crippen molar-refractivity contribution >= 4 is 39.1 Å². The zero-order valence-electron chi connectivity index (χ0n) is 24.5. The molecule has 0 heterocycles. The van der Waals surface area contributed by atoms with E-state index in [1.165, 1.54) is 17.0 Å².